The lowest BCUT2D eigenvalue weighted by molar-refractivity contribution is -0.139. The fraction of sp³-hybridized carbons (Fsp3) is 0.154. The van der Waals surface area contributed by atoms with Gasteiger partial charge in [0, 0.05) is 35.7 Å². The molecule has 0 aliphatic carbocycles. The van der Waals surface area contributed by atoms with Crippen LogP contribution in [-0.2, 0) is 4.79 Å². The minimum atomic E-state index is -1.29. The van der Waals surface area contributed by atoms with Gasteiger partial charge >= 0.3 is 5.97 Å². The maximum atomic E-state index is 12.7. The van der Waals surface area contributed by atoms with Crippen molar-refractivity contribution in [3.63, 3.8) is 0 Å². The van der Waals surface area contributed by atoms with Crippen molar-refractivity contribution in [2.45, 2.75) is 18.5 Å². The molecule has 0 saturated heterocycles. The summed E-state index contributed by atoms with van der Waals surface area (Å²) < 4.78 is 0. The molecular formula is C26H25N3O5. The van der Waals surface area contributed by atoms with Crippen molar-refractivity contribution in [1.82, 2.24) is 16.0 Å². The van der Waals surface area contributed by atoms with E-state index in [1.807, 2.05) is 0 Å². The highest BCUT2D eigenvalue weighted by atomic mass is 16.4. The number of carboxylic acids is 1. The zero-order valence-electron chi connectivity index (χ0n) is 18.3. The topological polar surface area (TPSA) is 125 Å². The second-order valence-corrected chi connectivity index (χ2v) is 7.58. The maximum absolute atomic E-state index is 12.7. The van der Waals surface area contributed by atoms with E-state index in [9.17, 15) is 24.3 Å². The van der Waals surface area contributed by atoms with Crippen molar-refractivity contribution < 1.29 is 24.3 Å². The number of hydrogen-bond donors (Lipinski definition) is 4. The number of carbonyl (C=O) groups excluding carboxylic acids is 3. The third kappa shape index (κ3) is 7.03. The molecule has 0 spiro atoms. The van der Waals surface area contributed by atoms with Crippen LogP contribution in [0.1, 0.15) is 37.5 Å². The number of rotatable bonds is 10. The molecule has 8 heteroatoms. The van der Waals surface area contributed by atoms with Crippen LogP contribution in [0.4, 0.5) is 0 Å². The average Bonchev–Trinajstić information content (AvgIpc) is 2.87. The Morgan fingerprint density at radius 3 is 1.47 bits per heavy atom. The summed E-state index contributed by atoms with van der Waals surface area (Å²) in [5.41, 5.74) is 1.14. The summed E-state index contributed by atoms with van der Waals surface area (Å²) in [5.74, 6) is -2.58. The summed E-state index contributed by atoms with van der Waals surface area (Å²) in [6, 6.07) is 23.2. The van der Waals surface area contributed by atoms with E-state index < -0.39 is 29.9 Å². The zero-order chi connectivity index (χ0) is 24.3. The Bertz CT molecular complexity index is 1120. The standard InChI is InChI=1S/C26H25N3O5/c30-23(18-10-4-1-5-11-18)27-17-21(28-24(31)19-12-6-2-7-13-19)16-22(26(33)34)29-25(32)20-14-8-3-9-15-20/h1-15,21-22H,16-17H2,(H,27,30)(H,28,31)(H,29,32)(H,33,34)/t21-,22-/m0/s1. The lowest BCUT2D eigenvalue weighted by atomic mass is 10.0. The Morgan fingerprint density at radius 2 is 1.03 bits per heavy atom. The summed E-state index contributed by atoms with van der Waals surface area (Å²) in [4.78, 5) is 49.6. The summed E-state index contributed by atoms with van der Waals surface area (Å²) in [6.45, 7) is -0.0305. The van der Waals surface area contributed by atoms with Crippen LogP contribution < -0.4 is 16.0 Å². The van der Waals surface area contributed by atoms with Gasteiger partial charge in [0.15, 0.2) is 0 Å². The predicted molar refractivity (Wildman–Crippen MR) is 126 cm³/mol. The van der Waals surface area contributed by atoms with Crippen LogP contribution in [0.25, 0.3) is 0 Å². The van der Waals surface area contributed by atoms with Crippen LogP contribution in [0.5, 0.6) is 0 Å². The Morgan fingerprint density at radius 1 is 0.618 bits per heavy atom. The molecule has 0 aliphatic heterocycles. The molecule has 0 aromatic heterocycles. The van der Waals surface area contributed by atoms with Crippen LogP contribution in [-0.4, -0.2) is 47.4 Å². The number of aliphatic carboxylic acids is 1. The van der Waals surface area contributed by atoms with Gasteiger partial charge in [-0.3, -0.25) is 14.4 Å². The van der Waals surface area contributed by atoms with E-state index in [-0.39, 0.29) is 18.9 Å². The van der Waals surface area contributed by atoms with Gasteiger partial charge in [-0.1, -0.05) is 54.6 Å². The maximum Gasteiger partial charge on any atom is 0.326 e. The molecule has 0 aliphatic rings. The fourth-order valence-corrected chi connectivity index (χ4v) is 3.30. The lowest BCUT2D eigenvalue weighted by Crippen LogP contribution is -2.50. The van der Waals surface area contributed by atoms with Crippen LogP contribution >= 0.6 is 0 Å². The first-order valence-electron chi connectivity index (χ1n) is 10.7. The van der Waals surface area contributed by atoms with Gasteiger partial charge in [0.1, 0.15) is 6.04 Å². The minimum Gasteiger partial charge on any atom is -0.480 e. The first kappa shape index (κ1) is 24.2. The smallest absolute Gasteiger partial charge is 0.326 e. The Balaban J connectivity index is 1.73. The fourth-order valence-electron chi connectivity index (χ4n) is 3.30. The summed E-state index contributed by atoms with van der Waals surface area (Å²) >= 11 is 0. The molecule has 0 radical (unpaired) electrons. The van der Waals surface area contributed by atoms with Crippen molar-refractivity contribution >= 4 is 23.7 Å². The van der Waals surface area contributed by atoms with Crippen molar-refractivity contribution in [3.05, 3.63) is 108 Å². The number of amides is 3. The number of carbonyl (C=O) groups is 4. The van der Waals surface area contributed by atoms with Crippen molar-refractivity contribution in [2.24, 2.45) is 0 Å². The van der Waals surface area contributed by atoms with Gasteiger partial charge in [-0.25, -0.2) is 4.79 Å². The van der Waals surface area contributed by atoms with Crippen LogP contribution in [0, 0.1) is 0 Å². The molecule has 0 heterocycles. The number of benzene rings is 3. The van der Waals surface area contributed by atoms with Gasteiger partial charge in [-0.05, 0) is 36.4 Å². The molecule has 3 aromatic rings. The van der Waals surface area contributed by atoms with Crippen LogP contribution in [0.3, 0.4) is 0 Å². The first-order valence-corrected chi connectivity index (χ1v) is 10.7. The van der Waals surface area contributed by atoms with Crippen LogP contribution in [0.2, 0.25) is 0 Å². The van der Waals surface area contributed by atoms with Gasteiger partial charge in [-0.2, -0.15) is 0 Å². The van der Waals surface area contributed by atoms with Crippen molar-refractivity contribution in [2.75, 3.05) is 6.54 Å². The number of nitrogens with one attached hydrogen (secondary N) is 3. The molecule has 4 N–H and O–H groups in total. The highest BCUT2D eigenvalue weighted by molar-refractivity contribution is 5.97. The second kappa shape index (κ2) is 12.0. The molecule has 3 rings (SSSR count). The van der Waals surface area contributed by atoms with E-state index in [0.717, 1.165) is 0 Å². The number of hydrogen-bond acceptors (Lipinski definition) is 4. The third-order valence-electron chi connectivity index (χ3n) is 5.08. The van der Waals surface area contributed by atoms with Gasteiger partial charge in [0.2, 0.25) is 0 Å². The Kier molecular flexibility index (Phi) is 8.51. The molecule has 2 atom stereocenters. The van der Waals surface area contributed by atoms with Crippen molar-refractivity contribution in [1.29, 1.82) is 0 Å². The van der Waals surface area contributed by atoms with Gasteiger partial charge in [0.05, 0.1) is 0 Å². The monoisotopic (exact) mass is 459 g/mol. The molecule has 3 amide bonds. The SMILES string of the molecule is O=C(NC[C@H](C[C@H](NC(=O)c1ccccc1)C(=O)O)NC(=O)c1ccccc1)c1ccccc1. The van der Waals surface area contributed by atoms with Crippen molar-refractivity contribution in [3.8, 4) is 0 Å². The molecule has 3 aromatic carbocycles. The Hall–Kier alpha value is -4.46. The van der Waals surface area contributed by atoms with E-state index >= 15 is 0 Å². The zero-order valence-corrected chi connectivity index (χ0v) is 18.3. The third-order valence-corrected chi connectivity index (χ3v) is 5.08. The van der Waals surface area contributed by atoms with E-state index in [1.54, 1.807) is 91.0 Å². The van der Waals surface area contributed by atoms with E-state index in [4.69, 9.17) is 0 Å². The normalized spacial score (nSPS) is 12.1. The largest absolute Gasteiger partial charge is 0.480 e. The molecule has 0 bridgehead atoms. The summed E-state index contributed by atoms with van der Waals surface area (Å²) in [6.07, 6.45) is -0.137. The highest BCUT2D eigenvalue weighted by Crippen LogP contribution is 2.07. The second-order valence-electron chi connectivity index (χ2n) is 7.58. The molecule has 0 unspecified atom stereocenters. The molecule has 0 fully saturated rings. The molecular weight excluding hydrogens is 434 g/mol. The molecule has 174 valence electrons. The molecule has 0 saturated carbocycles. The van der Waals surface area contributed by atoms with E-state index in [0.29, 0.717) is 16.7 Å². The van der Waals surface area contributed by atoms with Gasteiger partial charge < -0.3 is 21.1 Å². The molecule has 8 nitrogen and oxygen atoms in total. The summed E-state index contributed by atoms with van der Waals surface area (Å²) in [5, 5.41) is 17.7. The minimum absolute atomic E-state index is 0.0305. The average molecular weight is 460 g/mol. The number of carboxylic acid groups (broad SMARTS) is 1. The quantitative estimate of drug-likeness (QED) is 0.371. The highest BCUT2D eigenvalue weighted by Gasteiger charge is 2.26. The Labute approximate surface area is 197 Å². The van der Waals surface area contributed by atoms with Gasteiger partial charge in [0.25, 0.3) is 17.7 Å². The lowest BCUT2D eigenvalue weighted by Gasteiger charge is -2.23. The first-order chi connectivity index (χ1) is 16.4. The molecule has 34 heavy (non-hydrogen) atoms. The van der Waals surface area contributed by atoms with E-state index in [2.05, 4.69) is 16.0 Å². The van der Waals surface area contributed by atoms with Crippen LogP contribution in [0.15, 0.2) is 91.0 Å². The summed E-state index contributed by atoms with van der Waals surface area (Å²) in [7, 11) is 0. The predicted octanol–water partition coefficient (Wildman–Crippen LogP) is 2.49. The van der Waals surface area contributed by atoms with E-state index in [1.165, 1.54) is 0 Å². The van der Waals surface area contributed by atoms with Gasteiger partial charge in [-0.15, -0.1) is 0 Å².